The number of ether oxygens (including phenoxy) is 2. The van der Waals surface area contributed by atoms with E-state index in [1.165, 1.54) is 20.4 Å². The van der Waals surface area contributed by atoms with Crippen LogP contribution in [0.1, 0.15) is 10.4 Å². The molecule has 0 fully saturated rings. The van der Waals surface area contributed by atoms with Gasteiger partial charge in [0.25, 0.3) is 5.56 Å². The lowest BCUT2D eigenvalue weighted by Gasteiger charge is -2.10. The van der Waals surface area contributed by atoms with E-state index in [9.17, 15) is 9.59 Å². The molecule has 22 heavy (non-hydrogen) atoms. The number of Topliss-reactive ketones (excluding diaryl/α,β-unsaturated/α-hetero) is 1. The summed E-state index contributed by atoms with van der Waals surface area (Å²) in [5.74, 6) is 0.545. The Morgan fingerprint density at radius 2 is 2.00 bits per heavy atom. The molecule has 1 heterocycles. The number of nitrogens with zero attached hydrogens (tertiary/aromatic N) is 2. The summed E-state index contributed by atoms with van der Waals surface area (Å²) >= 11 is 11.4. The van der Waals surface area contributed by atoms with Crippen LogP contribution in [-0.2, 0) is 6.54 Å². The molecule has 0 unspecified atom stereocenters. The predicted molar refractivity (Wildman–Crippen MR) is 82.4 cm³/mol. The number of ketones is 1. The summed E-state index contributed by atoms with van der Waals surface area (Å²) in [6.45, 7) is -0.279. The van der Waals surface area contributed by atoms with Gasteiger partial charge in [-0.2, -0.15) is 5.10 Å². The summed E-state index contributed by atoms with van der Waals surface area (Å²) in [7, 11) is 2.95. The SMILES string of the molecule is COc1ccc(C(=O)Cn2ncc(Cl)c(Cl)c2=O)c(OC)c1. The van der Waals surface area contributed by atoms with Gasteiger partial charge in [-0.25, -0.2) is 4.68 Å². The maximum Gasteiger partial charge on any atom is 0.287 e. The minimum atomic E-state index is -0.630. The second-order valence-corrected chi connectivity index (χ2v) is 5.04. The minimum absolute atomic E-state index is 0.0393. The minimum Gasteiger partial charge on any atom is -0.497 e. The molecule has 2 aromatic rings. The van der Waals surface area contributed by atoms with Crippen LogP contribution in [0.5, 0.6) is 11.5 Å². The van der Waals surface area contributed by atoms with E-state index in [1.54, 1.807) is 18.2 Å². The molecule has 0 spiro atoms. The smallest absolute Gasteiger partial charge is 0.287 e. The largest absolute Gasteiger partial charge is 0.497 e. The van der Waals surface area contributed by atoms with Crippen LogP contribution in [0.2, 0.25) is 10.0 Å². The third kappa shape index (κ3) is 3.23. The molecule has 1 aromatic carbocycles. The van der Waals surface area contributed by atoms with Crippen LogP contribution in [0.4, 0.5) is 0 Å². The highest BCUT2D eigenvalue weighted by molar-refractivity contribution is 6.41. The summed E-state index contributed by atoms with van der Waals surface area (Å²) in [4.78, 5) is 24.2. The Bertz CT molecular complexity index is 774. The van der Waals surface area contributed by atoms with Gasteiger partial charge < -0.3 is 9.47 Å². The number of hydrogen-bond donors (Lipinski definition) is 0. The number of hydrogen-bond acceptors (Lipinski definition) is 5. The quantitative estimate of drug-likeness (QED) is 0.780. The van der Waals surface area contributed by atoms with Gasteiger partial charge >= 0.3 is 0 Å². The molecular weight excluding hydrogens is 331 g/mol. The molecule has 0 radical (unpaired) electrons. The number of halogens is 2. The van der Waals surface area contributed by atoms with E-state index in [2.05, 4.69) is 5.10 Å². The molecule has 0 saturated carbocycles. The number of aromatic nitrogens is 2. The first kappa shape index (κ1) is 16.3. The van der Waals surface area contributed by atoms with Crippen LogP contribution >= 0.6 is 23.2 Å². The molecule has 0 N–H and O–H groups in total. The topological polar surface area (TPSA) is 70.4 Å². The average molecular weight is 343 g/mol. The van der Waals surface area contributed by atoms with Crippen molar-refractivity contribution in [3.63, 3.8) is 0 Å². The van der Waals surface area contributed by atoms with Crippen molar-refractivity contribution in [3.8, 4) is 11.5 Å². The number of methoxy groups -OCH3 is 2. The number of benzene rings is 1. The van der Waals surface area contributed by atoms with Crippen LogP contribution in [0.25, 0.3) is 0 Å². The second-order valence-electron chi connectivity index (χ2n) is 4.26. The molecule has 0 bridgehead atoms. The van der Waals surface area contributed by atoms with E-state index < -0.39 is 5.56 Å². The number of carbonyl (C=O) groups is 1. The highest BCUT2D eigenvalue weighted by atomic mass is 35.5. The second kappa shape index (κ2) is 6.81. The van der Waals surface area contributed by atoms with Gasteiger partial charge in [-0.15, -0.1) is 0 Å². The Kier molecular flexibility index (Phi) is 5.05. The van der Waals surface area contributed by atoms with Crippen LogP contribution in [-0.4, -0.2) is 29.8 Å². The first-order chi connectivity index (χ1) is 10.5. The average Bonchev–Trinajstić information content (AvgIpc) is 2.54. The fourth-order valence-electron chi connectivity index (χ4n) is 1.81. The molecule has 0 aliphatic carbocycles. The van der Waals surface area contributed by atoms with Gasteiger partial charge in [-0.1, -0.05) is 23.2 Å². The zero-order valence-electron chi connectivity index (χ0n) is 11.8. The first-order valence-corrected chi connectivity index (χ1v) is 6.90. The van der Waals surface area contributed by atoms with Gasteiger partial charge in [0.15, 0.2) is 5.78 Å². The molecule has 0 atom stereocenters. The maximum absolute atomic E-state index is 12.3. The number of rotatable bonds is 5. The highest BCUT2D eigenvalue weighted by Gasteiger charge is 2.16. The van der Waals surface area contributed by atoms with Crippen molar-refractivity contribution in [2.24, 2.45) is 0 Å². The van der Waals surface area contributed by atoms with Crippen LogP contribution in [0, 0.1) is 0 Å². The predicted octanol–water partition coefficient (Wildman–Crippen LogP) is 2.45. The fourth-order valence-corrected chi connectivity index (χ4v) is 2.08. The first-order valence-electron chi connectivity index (χ1n) is 6.14. The molecule has 8 heteroatoms. The van der Waals surface area contributed by atoms with E-state index >= 15 is 0 Å². The maximum atomic E-state index is 12.3. The Morgan fingerprint density at radius 3 is 2.64 bits per heavy atom. The summed E-state index contributed by atoms with van der Waals surface area (Å²) in [6.07, 6.45) is 1.21. The van der Waals surface area contributed by atoms with E-state index in [0.717, 1.165) is 4.68 Å². The van der Waals surface area contributed by atoms with E-state index in [1.807, 2.05) is 0 Å². The summed E-state index contributed by atoms with van der Waals surface area (Å²) < 4.78 is 11.2. The molecule has 0 saturated heterocycles. The Labute approximate surface area is 136 Å². The molecule has 116 valence electrons. The van der Waals surface area contributed by atoms with Gasteiger partial charge in [0.05, 0.1) is 31.0 Å². The van der Waals surface area contributed by atoms with E-state index in [-0.39, 0.29) is 22.4 Å². The highest BCUT2D eigenvalue weighted by Crippen LogP contribution is 2.25. The summed E-state index contributed by atoms with van der Waals surface area (Å²) in [5.41, 5.74) is -0.321. The lowest BCUT2D eigenvalue weighted by molar-refractivity contribution is 0.0962. The van der Waals surface area contributed by atoms with E-state index in [0.29, 0.717) is 17.1 Å². The van der Waals surface area contributed by atoms with Gasteiger partial charge in [0, 0.05) is 6.07 Å². The Balaban J connectivity index is 2.34. The number of carbonyl (C=O) groups excluding carboxylic acids is 1. The summed E-state index contributed by atoms with van der Waals surface area (Å²) in [6, 6.07) is 4.77. The van der Waals surface area contributed by atoms with Crippen molar-refractivity contribution in [3.05, 3.63) is 50.4 Å². The lowest BCUT2D eigenvalue weighted by atomic mass is 10.1. The molecule has 0 aliphatic rings. The van der Waals surface area contributed by atoms with Gasteiger partial charge in [0.2, 0.25) is 0 Å². The van der Waals surface area contributed by atoms with Crippen LogP contribution in [0.15, 0.2) is 29.2 Å². The van der Waals surface area contributed by atoms with E-state index in [4.69, 9.17) is 32.7 Å². The van der Waals surface area contributed by atoms with Crippen LogP contribution in [0.3, 0.4) is 0 Å². The standard InChI is InChI=1S/C14H12Cl2N2O4/c1-21-8-3-4-9(12(5-8)22-2)11(19)7-18-14(20)13(16)10(15)6-17-18/h3-6H,7H2,1-2H3. The van der Waals surface area contributed by atoms with Crippen molar-refractivity contribution >= 4 is 29.0 Å². The van der Waals surface area contributed by atoms with Gasteiger partial charge in [-0.05, 0) is 12.1 Å². The third-order valence-corrected chi connectivity index (χ3v) is 3.69. The molecular formula is C14H12Cl2N2O4. The van der Waals surface area contributed by atoms with Crippen molar-refractivity contribution in [2.45, 2.75) is 6.54 Å². The molecule has 6 nitrogen and oxygen atoms in total. The normalized spacial score (nSPS) is 10.4. The van der Waals surface area contributed by atoms with Crippen molar-refractivity contribution in [1.82, 2.24) is 9.78 Å². The lowest BCUT2D eigenvalue weighted by Crippen LogP contribution is -2.27. The zero-order valence-corrected chi connectivity index (χ0v) is 13.3. The fraction of sp³-hybridized carbons (Fsp3) is 0.214. The van der Waals surface area contributed by atoms with Gasteiger partial charge in [-0.3, -0.25) is 9.59 Å². The van der Waals surface area contributed by atoms with Gasteiger partial charge in [0.1, 0.15) is 23.1 Å². The Hall–Kier alpha value is -2.05. The summed E-state index contributed by atoms with van der Waals surface area (Å²) in [5, 5.41) is 3.66. The van der Waals surface area contributed by atoms with Crippen molar-refractivity contribution in [2.75, 3.05) is 14.2 Å². The van der Waals surface area contributed by atoms with Crippen molar-refractivity contribution in [1.29, 1.82) is 0 Å². The Morgan fingerprint density at radius 1 is 1.27 bits per heavy atom. The molecule has 0 aliphatic heterocycles. The molecule has 1 aromatic heterocycles. The molecule has 2 rings (SSSR count). The zero-order chi connectivity index (χ0) is 16.3. The third-order valence-electron chi connectivity index (χ3n) is 2.94. The molecule has 0 amide bonds. The van der Waals surface area contributed by atoms with Crippen molar-refractivity contribution < 1.29 is 14.3 Å². The monoisotopic (exact) mass is 342 g/mol. The van der Waals surface area contributed by atoms with Crippen LogP contribution < -0.4 is 15.0 Å².